The zero-order chi connectivity index (χ0) is 9.68. The molecule has 0 radical (unpaired) electrons. The molecular formula is C9H10O3S. The zero-order valence-electron chi connectivity index (χ0n) is 7.28. The van der Waals surface area contributed by atoms with Crippen molar-refractivity contribution in [2.45, 2.75) is 20.0 Å². The van der Waals surface area contributed by atoms with Crippen molar-refractivity contribution in [3.05, 3.63) is 22.4 Å². The van der Waals surface area contributed by atoms with E-state index >= 15 is 0 Å². The second-order valence-electron chi connectivity index (χ2n) is 2.62. The molecular weight excluding hydrogens is 188 g/mol. The summed E-state index contributed by atoms with van der Waals surface area (Å²) in [5, 5.41) is 1.91. The maximum absolute atomic E-state index is 10.9. The summed E-state index contributed by atoms with van der Waals surface area (Å²) >= 11 is 1.52. The number of ether oxygens (including phenoxy) is 1. The van der Waals surface area contributed by atoms with Gasteiger partial charge < -0.3 is 4.74 Å². The van der Waals surface area contributed by atoms with Gasteiger partial charge in [-0.25, -0.2) is 0 Å². The molecule has 1 heterocycles. The number of Topliss-reactive ketones (excluding diaryl/α,β-unsaturated/α-hetero) is 1. The van der Waals surface area contributed by atoms with Crippen molar-refractivity contribution in [1.29, 1.82) is 0 Å². The Balaban J connectivity index is 2.27. The number of hydrogen-bond acceptors (Lipinski definition) is 4. The third-order valence-corrected chi connectivity index (χ3v) is 2.20. The van der Waals surface area contributed by atoms with E-state index in [0.29, 0.717) is 0 Å². The summed E-state index contributed by atoms with van der Waals surface area (Å²) in [5.74, 6) is -0.628. The molecule has 0 N–H and O–H groups in total. The van der Waals surface area contributed by atoms with Crippen molar-refractivity contribution in [2.75, 3.05) is 0 Å². The molecule has 0 saturated carbocycles. The van der Waals surface area contributed by atoms with Crippen LogP contribution in [0.3, 0.4) is 0 Å². The van der Waals surface area contributed by atoms with Crippen LogP contribution >= 0.6 is 11.3 Å². The Hall–Kier alpha value is -1.16. The van der Waals surface area contributed by atoms with Crippen LogP contribution < -0.4 is 0 Å². The monoisotopic (exact) mass is 198 g/mol. The third kappa shape index (κ3) is 3.85. The quantitative estimate of drug-likeness (QED) is 0.547. The fraction of sp³-hybridized carbons (Fsp3) is 0.333. The summed E-state index contributed by atoms with van der Waals surface area (Å²) in [7, 11) is 0. The van der Waals surface area contributed by atoms with Gasteiger partial charge in [0.05, 0.1) is 0 Å². The zero-order valence-corrected chi connectivity index (χ0v) is 8.10. The number of carbonyl (C=O) groups excluding carboxylic acids is 2. The van der Waals surface area contributed by atoms with Crippen molar-refractivity contribution in [1.82, 2.24) is 0 Å². The molecule has 0 bridgehead atoms. The molecule has 1 aromatic heterocycles. The first-order valence-corrected chi connectivity index (χ1v) is 4.74. The lowest BCUT2D eigenvalue weighted by Gasteiger charge is -2.00. The predicted octanol–water partition coefficient (Wildman–Crippen LogP) is 1.77. The molecule has 0 atom stereocenters. The van der Waals surface area contributed by atoms with Crippen LogP contribution in [-0.2, 0) is 20.9 Å². The first-order chi connectivity index (χ1) is 6.18. The maximum atomic E-state index is 10.9. The highest BCUT2D eigenvalue weighted by Crippen LogP contribution is 2.09. The molecule has 70 valence electrons. The van der Waals surface area contributed by atoms with E-state index in [-0.39, 0.29) is 18.8 Å². The van der Waals surface area contributed by atoms with Crippen molar-refractivity contribution < 1.29 is 14.3 Å². The van der Waals surface area contributed by atoms with Crippen LogP contribution in [-0.4, -0.2) is 11.8 Å². The SMILES string of the molecule is CC(=O)CC(=O)OCc1cccs1. The lowest BCUT2D eigenvalue weighted by molar-refractivity contribution is -0.146. The minimum atomic E-state index is -0.457. The van der Waals surface area contributed by atoms with E-state index in [0.717, 1.165) is 4.88 Å². The van der Waals surface area contributed by atoms with Crippen LogP contribution in [0.25, 0.3) is 0 Å². The lowest BCUT2D eigenvalue weighted by Crippen LogP contribution is -2.08. The Kier molecular flexibility index (Phi) is 3.64. The van der Waals surface area contributed by atoms with Gasteiger partial charge in [0.2, 0.25) is 0 Å². The molecule has 0 aliphatic heterocycles. The van der Waals surface area contributed by atoms with E-state index in [1.54, 1.807) is 0 Å². The number of rotatable bonds is 4. The van der Waals surface area contributed by atoms with E-state index in [1.807, 2.05) is 17.5 Å². The smallest absolute Gasteiger partial charge is 0.313 e. The summed E-state index contributed by atoms with van der Waals surface area (Å²) in [5.41, 5.74) is 0. The average molecular weight is 198 g/mol. The van der Waals surface area contributed by atoms with Crippen molar-refractivity contribution in [2.24, 2.45) is 0 Å². The maximum Gasteiger partial charge on any atom is 0.313 e. The highest BCUT2D eigenvalue weighted by atomic mass is 32.1. The molecule has 0 saturated heterocycles. The molecule has 13 heavy (non-hydrogen) atoms. The van der Waals surface area contributed by atoms with Crippen LogP contribution in [0.4, 0.5) is 0 Å². The number of ketones is 1. The van der Waals surface area contributed by atoms with E-state index in [2.05, 4.69) is 0 Å². The summed E-state index contributed by atoms with van der Waals surface area (Å²) in [6, 6.07) is 3.77. The van der Waals surface area contributed by atoms with Gasteiger partial charge in [-0.05, 0) is 18.4 Å². The van der Waals surface area contributed by atoms with Gasteiger partial charge in [-0.1, -0.05) is 6.07 Å². The number of esters is 1. The van der Waals surface area contributed by atoms with Gasteiger partial charge >= 0.3 is 5.97 Å². The molecule has 4 heteroatoms. The van der Waals surface area contributed by atoms with Gasteiger partial charge in [0.25, 0.3) is 0 Å². The topological polar surface area (TPSA) is 43.4 Å². The molecule has 0 unspecified atom stereocenters. The predicted molar refractivity (Wildman–Crippen MR) is 49.4 cm³/mol. The Morgan fingerprint density at radius 2 is 2.31 bits per heavy atom. The second-order valence-corrected chi connectivity index (χ2v) is 3.65. The Morgan fingerprint density at radius 1 is 1.54 bits per heavy atom. The van der Waals surface area contributed by atoms with E-state index < -0.39 is 5.97 Å². The highest BCUT2D eigenvalue weighted by Gasteiger charge is 2.06. The van der Waals surface area contributed by atoms with Gasteiger partial charge in [0.15, 0.2) is 0 Å². The van der Waals surface area contributed by atoms with Crippen LogP contribution in [0.1, 0.15) is 18.2 Å². The fourth-order valence-corrected chi connectivity index (χ4v) is 1.42. The van der Waals surface area contributed by atoms with E-state index in [1.165, 1.54) is 18.3 Å². The summed E-state index contributed by atoms with van der Waals surface area (Å²) < 4.78 is 4.85. The summed E-state index contributed by atoms with van der Waals surface area (Å²) in [4.78, 5) is 22.4. The Bertz CT molecular complexity index is 290. The highest BCUT2D eigenvalue weighted by molar-refractivity contribution is 7.09. The first-order valence-electron chi connectivity index (χ1n) is 3.86. The molecule has 0 aromatic carbocycles. The molecule has 3 nitrogen and oxygen atoms in total. The van der Waals surface area contributed by atoms with Gasteiger partial charge in [0, 0.05) is 4.88 Å². The number of carbonyl (C=O) groups is 2. The molecule has 0 aliphatic rings. The van der Waals surface area contributed by atoms with Crippen LogP contribution in [0.15, 0.2) is 17.5 Å². The summed E-state index contributed by atoms with van der Waals surface area (Å²) in [6.45, 7) is 1.64. The third-order valence-electron chi connectivity index (χ3n) is 1.35. The van der Waals surface area contributed by atoms with Crippen molar-refractivity contribution in [3.8, 4) is 0 Å². The van der Waals surface area contributed by atoms with E-state index in [9.17, 15) is 9.59 Å². The average Bonchev–Trinajstić information content (AvgIpc) is 2.51. The summed E-state index contributed by atoms with van der Waals surface area (Å²) in [6.07, 6.45) is -0.134. The number of thiophene rings is 1. The van der Waals surface area contributed by atoms with Crippen molar-refractivity contribution in [3.63, 3.8) is 0 Å². The van der Waals surface area contributed by atoms with Crippen LogP contribution in [0, 0.1) is 0 Å². The van der Waals surface area contributed by atoms with Gasteiger partial charge in [-0.15, -0.1) is 11.3 Å². The molecule has 0 fully saturated rings. The van der Waals surface area contributed by atoms with Crippen LogP contribution in [0.2, 0.25) is 0 Å². The minimum absolute atomic E-state index is 0.134. The van der Waals surface area contributed by atoms with Gasteiger partial charge in [0.1, 0.15) is 18.8 Å². The second kappa shape index (κ2) is 4.77. The number of hydrogen-bond donors (Lipinski definition) is 0. The molecule has 0 spiro atoms. The fourth-order valence-electron chi connectivity index (χ4n) is 0.801. The molecule has 1 rings (SSSR count). The Morgan fingerprint density at radius 3 is 2.85 bits per heavy atom. The molecule has 0 amide bonds. The Labute approximate surface area is 80.3 Å². The standard InChI is InChI=1S/C9H10O3S/c1-7(10)5-9(11)12-6-8-3-2-4-13-8/h2-4H,5-6H2,1H3. The molecule has 0 aliphatic carbocycles. The van der Waals surface area contributed by atoms with Crippen LogP contribution in [0.5, 0.6) is 0 Å². The van der Waals surface area contributed by atoms with E-state index in [4.69, 9.17) is 4.74 Å². The van der Waals surface area contributed by atoms with Gasteiger partial charge in [-0.2, -0.15) is 0 Å². The lowest BCUT2D eigenvalue weighted by atomic mass is 10.3. The van der Waals surface area contributed by atoms with Gasteiger partial charge in [-0.3, -0.25) is 9.59 Å². The minimum Gasteiger partial charge on any atom is -0.460 e. The largest absolute Gasteiger partial charge is 0.460 e. The normalized spacial score (nSPS) is 9.62. The van der Waals surface area contributed by atoms with Crippen molar-refractivity contribution >= 4 is 23.1 Å². The molecule has 1 aromatic rings. The first kappa shape index (κ1) is 9.92.